The van der Waals surface area contributed by atoms with Crippen molar-refractivity contribution in [2.24, 2.45) is 0 Å². The summed E-state index contributed by atoms with van der Waals surface area (Å²) < 4.78 is 127. The van der Waals surface area contributed by atoms with Crippen LogP contribution in [-0.2, 0) is 163 Å². The second kappa shape index (κ2) is 57.6. The minimum absolute atomic E-state index is 0.00677. The third-order valence-electron chi connectivity index (χ3n) is 21.6. The van der Waals surface area contributed by atoms with E-state index in [-0.39, 0.29) is 157 Å². The third-order valence-corrected chi connectivity index (χ3v) is 24.0. The van der Waals surface area contributed by atoms with Gasteiger partial charge in [0.1, 0.15) is 105 Å². The molecule has 4 aromatic rings. The molecule has 4 amide bonds. The number of ketones is 1. The second-order valence-electron chi connectivity index (χ2n) is 32.3. The molecule has 130 heavy (non-hydrogen) atoms. The van der Waals surface area contributed by atoms with Crippen molar-refractivity contribution in [3.05, 3.63) is 60.1 Å². The van der Waals surface area contributed by atoms with Crippen LogP contribution in [0.3, 0.4) is 0 Å². The summed E-state index contributed by atoms with van der Waals surface area (Å²) in [7, 11) is 3.43. The summed E-state index contributed by atoms with van der Waals surface area (Å²) in [6.07, 6.45) is 3.17. The van der Waals surface area contributed by atoms with Crippen molar-refractivity contribution in [2.75, 3.05) is 204 Å². The number of Topliss-reactive ketones (excluding diaryl/α,β-unsaturated/α-hetero) is 1. The molecule has 4 aromatic heterocycles. The van der Waals surface area contributed by atoms with Crippen LogP contribution < -0.4 is 21.3 Å². The van der Waals surface area contributed by atoms with Crippen LogP contribution in [0.5, 0.6) is 0 Å². The average Bonchev–Trinajstić information content (AvgIpc) is 1.31. The van der Waals surface area contributed by atoms with E-state index in [4.69, 9.17) is 99.5 Å². The van der Waals surface area contributed by atoms with Gasteiger partial charge in [0.15, 0.2) is 18.9 Å². The van der Waals surface area contributed by atoms with Gasteiger partial charge in [-0.05, 0) is 48.6 Å². The number of hydrogen-bond donors (Lipinski definition) is 10. The van der Waals surface area contributed by atoms with E-state index in [2.05, 4.69) is 57.2 Å². The molecule has 0 aliphatic carbocycles. The second-order valence-corrected chi connectivity index (χ2v) is 34.7. The first-order valence-corrected chi connectivity index (χ1v) is 46.6. The number of pyridine rings is 1. The fourth-order valence-electron chi connectivity index (χ4n) is 14.8. The molecular weight excluding hydrogens is 1760 g/mol. The van der Waals surface area contributed by atoms with Gasteiger partial charge >= 0.3 is 0 Å². The summed E-state index contributed by atoms with van der Waals surface area (Å²) in [5.74, 6) is -0.215. The highest BCUT2D eigenvalue weighted by Crippen LogP contribution is 2.40. The van der Waals surface area contributed by atoms with Gasteiger partial charge in [-0.25, -0.2) is 19.0 Å². The van der Waals surface area contributed by atoms with Crippen molar-refractivity contribution in [1.29, 1.82) is 0 Å². The number of ether oxygens (including phenoxy) is 21. The van der Waals surface area contributed by atoms with Crippen LogP contribution in [0.2, 0.25) is 0 Å². The average molecular weight is 1890 g/mol. The van der Waals surface area contributed by atoms with Crippen molar-refractivity contribution < 1.29 is 154 Å². The van der Waals surface area contributed by atoms with E-state index in [1.165, 1.54) is 20.8 Å². The summed E-state index contributed by atoms with van der Waals surface area (Å²) >= 11 is 0. The molecule has 0 saturated carbocycles. The van der Waals surface area contributed by atoms with Crippen LogP contribution in [0.4, 0.5) is 0 Å². The van der Waals surface area contributed by atoms with Gasteiger partial charge in [0, 0.05) is 52.0 Å². The lowest BCUT2D eigenvalue weighted by Crippen LogP contribution is -2.66. The molecule has 48 heteroatoms. The number of nitrogens with one attached hydrogen (secondary N) is 4. The summed E-state index contributed by atoms with van der Waals surface area (Å²) in [5, 5.41) is 102. The number of rotatable bonds is 73. The Hall–Kier alpha value is -6.26. The molecule has 0 unspecified atom stereocenters. The lowest BCUT2D eigenvalue weighted by molar-refractivity contribution is -0.238. The lowest BCUT2D eigenvalue weighted by atomic mass is 9.88. The van der Waals surface area contributed by atoms with Gasteiger partial charge < -0.3 is 151 Å². The van der Waals surface area contributed by atoms with Gasteiger partial charge in [-0.3, -0.25) is 24.0 Å². The minimum Gasteiger partial charge on any atom is -0.388 e. The number of amides is 4. The number of unbranched alkanes of at least 4 members (excludes halogenated alkanes) is 5. The largest absolute Gasteiger partial charge is 0.388 e. The molecule has 10 N–H and O–H groups in total. The third kappa shape index (κ3) is 35.5. The van der Waals surface area contributed by atoms with E-state index < -0.39 is 114 Å². The van der Waals surface area contributed by atoms with Crippen LogP contribution in [0.15, 0.2) is 48.0 Å². The SMILES string of the molecule is CC(=O)N[C@H]1[C@H]2OC[C@](COCCOCCOCCOCCn3cc(COCC(COCc4cn(CCOCCOCCOCCOC[C@@]56CO[C@@H](O5)[C@H](NC(C)=O)[C@@H](O)[C@H]6O)nn4)(COCc4cn(CCOCCOCCOCCOC[C@@]56CO[C@@H](O5)[C@H](NC(C)=O)[C@@H](O)[C@H]6O)nn4)NC(=O)CCCCCCC(=O)CCCCCSSc4ccccn4)nn3)(O2)[C@H](O)[C@@H]1O. The highest BCUT2D eigenvalue weighted by molar-refractivity contribution is 8.76. The Kier molecular flexibility index (Phi) is 46.9. The van der Waals surface area contributed by atoms with Crippen LogP contribution >= 0.6 is 21.6 Å². The molecule has 46 nitrogen and oxygen atoms in total. The zero-order valence-corrected chi connectivity index (χ0v) is 75.9. The van der Waals surface area contributed by atoms with E-state index in [1.54, 1.807) is 60.4 Å². The number of fused-ring (bicyclic) bond motifs is 6. The van der Waals surface area contributed by atoms with E-state index in [0.29, 0.717) is 135 Å². The molecule has 0 radical (unpaired) electrons. The number of aliphatic hydroxyl groups excluding tert-OH is 6. The number of aromatic nitrogens is 10. The summed E-state index contributed by atoms with van der Waals surface area (Å²) in [5.41, 5.74) is -3.62. The van der Waals surface area contributed by atoms with E-state index in [0.717, 1.165) is 49.3 Å². The van der Waals surface area contributed by atoms with Crippen molar-refractivity contribution >= 4 is 51.0 Å². The van der Waals surface area contributed by atoms with Crippen molar-refractivity contribution in [3.63, 3.8) is 0 Å². The Morgan fingerprint density at radius 2 is 0.746 bits per heavy atom. The molecule has 10 rings (SSSR count). The maximum Gasteiger partial charge on any atom is 0.220 e. The van der Waals surface area contributed by atoms with Crippen LogP contribution in [0, 0.1) is 0 Å². The van der Waals surface area contributed by atoms with E-state index in [9.17, 15) is 54.6 Å². The zero-order valence-electron chi connectivity index (χ0n) is 74.3. The number of carbonyl (C=O) groups is 5. The molecule has 6 aliphatic rings. The Balaban J connectivity index is 0.651. The molecule has 6 fully saturated rings. The zero-order chi connectivity index (χ0) is 92.1. The molecule has 6 saturated heterocycles. The summed E-state index contributed by atoms with van der Waals surface area (Å²) in [6.45, 7) is 10.2. The molecule has 6 bridgehead atoms. The normalized spacial score (nSPS) is 25.1. The van der Waals surface area contributed by atoms with Crippen LogP contribution in [0.25, 0.3) is 0 Å². The smallest absolute Gasteiger partial charge is 0.220 e. The highest BCUT2D eigenvalue weighted by atomic mass is 33.1. The monoisotopic (exact) mass is 1890 g/mol. The Labute approximate surface area is 762 Å². The van der Waals surface area contributed by atoms with Gasteiger partial charge in [-0.15, -0.1) is 15.3 Å². The molecular formula is C82H132N14O32S2. The predicted octanol–water partition coefficient (Wildman–Crippen LogP) is -2.17. The fraction of sp³-hybridized carbons (Fsp3) is 0.805. The fourth-order valence-corrected chi connectivity index (χ4v) is 16.9. The van der Waals surface area contributed by atoms with Gasteiger partial charge in [-0.1, -0.05) is 51.8 Å². The molecule has 15 atom stereocenters. The minimum atomic E-state index is -1.35. The molecule has 0 aromatic carbocycles. The molecule has 0 spiro atoms. The van der Waals surface area contributed by atoms with Gasteiger partial charge in [0.25, 0.3) is 0 Å². The lowest BCUT2D eigenvalue weighted by Gasteiger charge is -2.42. The first-order valence-electron chi connectivity index (χ1n) is 44.3. The Morgan fingerprint density at radius 3 is 1.08 bits per heavy atom. The summed E-state index contributed by atoms with van der Waals surface area (Å²) in [4.78, 5) is 66.3. The molecule has 6 aliphatic heterocycles. The first-order chi connectivity index (χ1) is 63.2. The summed E-state index contributed by atoms with van der Waals surface area (Å²) in [6, 6.07) is 3.13. The highest BCUT2D eigenvalue weighted by Gasteiger charge is 2.62. The quantitative estimate of drug-likeness (QED) is 0.0166. The molecule has 10 heterocycles. The van der Waals surface area contributed by atoms with Gasteiger partial charge in [0.05, 0.1) is 256 Å². The maximum atomic E-state index is 14.3. The maximum absolute atomic E-state index is 14.3. The van der Waals surface area contributed by atoms with Crippen LogP contribution in [-0.4, -0.2) is 410 Å². The van der Waals surface area contributed by atoms with Gasteiger partial charge in [-0.2, -0.15) is 0 Å². The van der Waals surface area contributed by atoms with Crippen molar-refractivity contribution in [1.82, 2.24) is 71.2 Å². The number of aliphatic hydroxyl groups is 6. The predicted molar refractivity (Wildman–Crippen MR) is 453 cm³/mol. The number of hydrogen-bond acceptors (Lipinski definition) is 41. The Bertz CT molecular complexity index is 3570. The van der Waals surface area contributed by atoms with E-state index in [1.807, 2.05) is 18.2 Å². The molecule has 734 valence electrons. The van der Waals surface area contributed by atoms with Crippen molar-refractivity contribution in [2.45, 2.75) is 225 Å². The number of carbonyl (C=O) groups excluding carboxylic acids is 5. The Morgan fingerprint density at radius 1 is 0.423 bits per heavy atom. The van der Waals surface area contributed by atoms with Crippen molar-refractivity contribution in [3.8, 4) is 0 Å². The topological polar surface area (TPSA) is 554 Å². The first kappa shape index (κ1) is 106. The van der Waals surface area contributed by atoms with Gasteiger partial charge in [0.2, 0.25) is 23.6 Å². The standard InChI is InChI=1S/C82H132N14O32S2/c1-58(97)84-67-70(102)73(105)80(55-123-76(67)126-80)52-117-39-36-114-33-30-111-27-24-108-21-18-94-43-61(88-91-94)46-120-49-79(87-65(101)15-9-5-4-7-13-64(100)14-8-6-12-42-129-130-66-16-10-11-17-83-66,50-121-47-62-44-95(92-89-62)19-22-109-25-28-112-31-34-115-37-40-118-53-81-56-124-77(127-81)68(85-59(2)98)71(103)74(81)106)51-122-48-63-45-96(93-90-63)20-23-110-26-29-113-32-35-116-38-41-119-54-82-57-125-78(128-82)69(86-60(3)99)72(104)75(82)107/h10-11,16-17,43-45,67-78,102-107H,4-9,12-15,18-42,46-57H2,1-3H3,(H,84,97)(H,85,98)(H,86,99)(H,87,101)/t67-,68-,69-,70-,71-,72-,73-,74-,75-,76+,77+,78+,80+,81+,82+/m1/s1. The van der Waals surface area contributed by atoms with E-state index >= 15 is 0 Å². The number of nitrogens with zero attached hydrogens (tertiary/aromatic N) is 10. The van der Waals surface area contributed by atoms with Crippen LogP contribution in [0.1, 0.15) is 102 Å².